The lowest BCUT2D eigenvalue weighted by molar-refractivity contribution is 0.170. The summed E-state index contributed by atoms with van der Waals surface area (Å²) in [6, 6.07) is 2.20. The quantitative estimate of drug-likeness (QED) is 0.631. The minimum absolute atomic E-state index is 0.226. The fraction of sp³-hybridized carbons (Fsp3) is 0.889. The molecular weight excluding hydrogens is 138 g/mol. The summed E-state index contributed by atoms with van der Waals surface area (Å²) in [6.45, 7) is 8.48. The molecule has 0 aromatic heterocycles. The van der Waals surface area contributed by atoms with Gasteiger partial charge in [0.05, 0.1) is 11.5 Å². The Morgan fingerprint density at radius 1 is 1.36 bits per heavy atom. The molecular formula is C9H19NO. The third-order valence-electron chi connectivity index (χ3n) is 1.23. The van der Waals surface area contributed by atoms with Crippen molar-refractivity contribution in [3.63, 3.8) is 0 Å². The lowest BCUT2D eigenvalue weighted by atomic mass is 9.92. The van der Waals surface area contributed by atoms with Gasteiger partial charge in [-0.15, -0.1) is 0 Å². The molecule has 0 N–H and O–H groups in total. The van der Waals surface area contributed by atoms with Crippen molar-refractivity contribution in [1.29, 1.82) is 5.26 Å². The molecule has 0 heterocycles. The van der Waals surface area contributed by atoms with Gasteiger partial charge in [-0.25, -0.2) is 0 Å². The van der Waals surface area contributed by atoms with Crippen LogP contribution in [0, 0.1) is 16.7 Å². The molecule has 0 bridgehead atoms. The molecule has 0 amide bonds. The van der Waals surface area contributed by atoms with E-state index in [1.54, 1.807) is 7.11 Å². The number of hydrogen-bond acceptors (Lipinski definition) is 2. The highest BCUT2D eigenvalue weighted by Gasteiger charge is 2.14. The Bertz CT molecular complexity index is 113. The third-order valence-corrected chi connectivity index (χ3v) is 1.23. The zero-order chi connectivity index (χ0) is 9.33. The molecule has 0 spiro atoms. The molecule has 2 heteroatoms. The van der Waals surface area contributed by atoms with Crippen molar-refractivity contribution in [3.8, 4) is 6.07 Å². The van der Waals surface area contributed by atoms with Crippen LogP contribution in [-0.4, -0.2) is 13.7 Å². The SMILES string of the molecule is CC.COCCC(C)(C)C#N. The van der Waals surface area contributed by atoms with Gasteiger partial charge in [0.2, 0.25) is 0 Å². The van der Waals surface area contributed by atoms with E-state index in [0.29, 0.717) is 6.61 Å². The molecule has 11 heavy (non-hydrogen) atoms. The minimum Gasteiger partial charge on any atom is -0.385 e. The number of ether oxygens (including phenoxy) is 1. The second-order valence-corrected chi connectivity index (χ2v) is 2.74. The van der Waals surface area contributed by atoms with E-state index in [9.17, 15) is 0 Å². The lowest BCUT2D eigenvalue weighted by Crippen LogP contribution is -2.10. The van der Waals surface area contributed by atoms with E-state index >= 15 is 0 Å². The maximum atomic E-state index is 8.52. The highest BCUT2D eigenvalue weighted by molar-refractivity contribution is 4.91. The van der Waals surface area contributed by atoms with E-state index in [1.807, 2.05) is 27.7 Å². The van der Waals surface area contributed by atoms with Gasteiger partial charge in [0, 0.05) is 13.7 Å². The van der Waals surface area contributed by atoms with Gasteiger partial charge in [-0.1, -0.05) is 13.8 Å². The summed E-state index contributed by atoms with van der Waals surface area (Å²) in [6.07, 6.45) is 0.806. The van der Waals surface area contributed by atoms with Gasteiger partial charge in [0.15, 0.2) is 0 Å². The van der Waals surface area contributed by atoms with Crippen molar-refractivity contribution in [2.24, 2.45) is 5.41 Å². The highest BCUT2D eigenvalue weighted by Crippen LogP contribution is 2.17. The van der Waals surface area contributed by atoms with Gasteiger partial charge in [0.1, 0.15) is 0 Å². The summed E-state index contributed by atoms with van der Waals surface area (Å²) in [4.78, 5) is 0. The average molecular weight is 157 g/mol. The van der Waals surface area contributed by atoms with E-state index < -0.39 is 0 Å². The first-order valence-electron chi connectivity index (χ1n) is 4.02. The number of hydrogen-bond donors (Lipinski definition) is 0. The Morgan fingerprint density at radius 2 is 1.82 bits per heavy atom. The van der Waals surface area contributed by atoms with Crippen LogP contribution in [0.1, 0.15) is 34.1 Å². The maximum absolute atomic E-state index is 8.52. The predicted octanol–water partition coefficient (Wildman–Crippen LogP) is 2.60. The second kappa shape index (κ2) is 7.56. The second-order valence-electron chi connectivity index (χ2n) is 2.74. The standard InChI is InChI=1S/C7H13NO.C2H6/c1-7(2,6-8)4-5-9-3;1-2/h4-5H2,1-3H3;1-2H3. The Balaban J connectivity index is 0. The molecule has 0 radical (unpaired) electrons. The zero-order valence-electron chi connectivity index (χ0n) is 8.27. The topological polar surface area (TPSA) is 33.0 Å². The number of methoxy groups -OCH3 is 1. The summed E-state index contributed by atoms with van der Waals surface area (Å²) in [7, 11) is 1.65. The van der Waals surface area contributed by atoms with E-state index in [4.69, 9.17) is 10.00 Å². The Labute approximate surface area is 70.2 Å². The first-order chi connectivity index (χ1) is 5.12. The van der Waals surface area contributed by atoms with E-state index in [0.717, 1.165) is 6.42 Å². The number of rotatable bonds is 3. The average Bonchev–Trinajstić information content (AvgIpc) is 2.05. The molecule has 0 atom stereocenters. The summed E-state index contributed by atoms with van der Waals surface area (Å²) in [5.74, 6) is 0. The lowest BCUT2D eigenvalue weighted by Gasteiger charge is -2.12. The van der Waals surface area contributed by atoms with Crippen LogP contribution in [-0.2, 0) is 4.74 Å². The van der Waals surface area contributed by atoms with Crippen molar-refractivity contribution in [3.05, 3.63) is 0 Å². The molecule has 0 aromatic carbocycles. The zero-order valence-corrected chi connectivity index (χ0v) is 8.27. The Morgan fingerprint density at radius 3 is 2.09 bits per heavy atom. The fourth-order valence-electron chi connectivity index (χ4n) is 0.413. The summed E-state index contributed by atoms with van der Waals surface area (Å²) < 4.78 is 4.83. The van der Waals surface area contributed by atoms with Gasteiger partial charge < -0.3 is 4.74 Å². The van der Waals surface area contributed by atoms with Crippen molar-refractivity contribution in [1.82, 2.24) is 0 Å². The number of nitriles is 1. The van der Waals surface area contributed by atoms with Crippen LogP contribution >= 0.6 is 0 Å². The summed E-state index contributed by atoms with van der Waals surface area (Å²) >= 11 is 0. The molecule has 0 saturated heterocycles. The first-order valence-corrected chi connectivity index (χ1v) is 4.02. The van der Waals surface area contributed by atoms with Crippen LogP contribution < -0.4 is 0 Å². The van der Waals surface area contributed by atoms with Crippen LogP contribution in [0.15, 0.2) is 0 Å². The molecule has 2 nitrogen and oxygen atoms in total. The monoisotopic (exact) mass is 157 g/mol. The smallest absolute Gasteiger partial charge is 0.0684 e. The van der Waals surface area contributed by atoms with Crippen molar-refractivity contribution in [2.75, 3.05) is 13.7 Å². The van der Waals surface area contributed by atoms with Gasteiger partial charge in [0.25, 0.3) is 0 Å². The summed E-state index contributed by atoms with van der Waals surface area (Å²) in [5, 5.41) is 8.52. The minimum atomic E-state index is -0.226. The normalized spacial score (nSPS) is 9.45. The molecule has 0 unspecified atom stereocenters. The van der Waals surface area contributed by atoms with E-state index in [2.05, 4.69) is 6.07 Å². The van der Waals surface area contributed by atoms with Crippen LogP contribution in [0.4, 0.5) is 0 Å². The molecule has 0 aromatic rings. The van der Waals surface area contributed by atoms with Crippen LogP contribution in [0.3, 0.4) is 0 Å². The highest BCUT2D eigenvalue weighted by atomic mass is 16.5. The molecule has 0 aliphatic heterocycles. The molecule has 0 aliphatic rings. The predicted molar refractivity (Wildman–Crippen MR) is 47.2 cm³/mol. The van der Waals surface area contributed by atoms with E-state index in [-0.39, 0.29) is 5.41 Å². The van der Waals surface area contributed by atoms with Gasteiger partial charge in [-0.05, 0) is 20.3 Å². The van der Waals surface area contributed by atoms with Gasteiger partial charge >= 0.3 is 0 Å². The van der Waals surface area contributed by atoms with Crippen LogP contribution in [0.5, 0.6) is 0 Å². The van der Waals surface area contributed by atoms with Gasteiger partial charge in [-0.2, -0.15) is 5.26 Å². The Kier molecular flexibility index (Phi) is 8.98. The number of nitrogens with zero attached hydrogens (tertiary/aromatic N) is 1. The molecule has 0 rings (SSSR count). The first kappa shape index (κ1) is 13.1. The van der Waals surface area contributed by atoms with Crippen molar-refractivity contribution in [2.45, 2.75) is 34.1 Å². The molecule has 0 fully saturated rings. The summed E-state index contributed by atoms with van der Waals surface area (Å²) in [5.41, 5.74) is -0.226. The van der Waals surface area contributed by atoms with Crippen molar-refractivity contribution < 1.29 is 4.74 Å². The molecule has 0 saturated carbocycles. The van der Waals surface area contributed by atoms with Gasteiger partial charge in [-0.3, -0.25) is 0 Å². The largest absolute Gasteiger partial charge is 0.385 e. The molecule has 66 valence electrons. The third kappa shape index (κ3) is 9.45. The Hall–Kier alpha value is -0.550. The van der Waals surface area contributed by atoms with Crippen LogP contribution in [0.25, 0.3) is 0 Å². The maximum Gasteiger partial charge on any atom is 0.0684 e. The van der Waals surface area contributed by atoms with Crippen LogP contribution in [0.2, 0.25) is 0 Å². The van der Waals surface area contributed by atoms with Crippen molar-refractivity contribution >= 4 is 0 Å². The fourth-order valence-corrected chi connectivity index (χ4v) is 0.413. The molecule has 0 aliphatic carbocycles. The van der Waals surface area contributed by atoms with E-state index in [1.165, 1.54) is 0 Å².